The van der Waals surface area contributed by atoms with Crippen LogP contribution in [-0.2, 0) is 4.79 Å². The molecule has 2 N–H and O–H groups in total. The first kappa shape index (κ1) is 19.5. The first-order chi connectivity index (χ1) is 14.4. The highest BCUT2D eigenvalue weighted by Gasteiger charge is 2.45. The summed E-state index contributed by atoms with van der Waals surface area (Å²) in [6.45, 7) is 3.83. The van der Waals surface area contributed by atoms with Crippen LogP contribution >= 0.6 is 0 Å². The topological polar surface area (TPSA) is 68.4 Å². The predicted molar refractivity (Wildman–Crippen MR) is 113 cm³/mol. The van der Waals surface area contributed by atoms with Crippen molar-refractivity contribution in [2.75, 3.05) is 20.1 Å². The fourth-order valence-corrected chi connectivity index (χ4v) is 5.71. The van der Waals surface area contributed by atoms with Gasteiger partial charge in [0.1, 0.15) is 11.5 Å². The second-order valence-electron chi connectivity index (χ2n) is 9.32. The van der Waals surface area contributed by atoms with E-state index in [1.54, 1.807) is 12.1 Å². The number of hydrogen-bond acceptors (Lipinski definition) is 3. The van der Waals surface area contributed by atoms with Crippen molar-refractivity contribution in [1.29, 1.82) is 0 Å². The van der Waals surface area contributed by atoms with Gasteiger partial charge in [-0.25, -0.2) is 4.39 Å². The Morgan fingerprint density at radius 2 is 2.10 bits per heavy atom. The van der Waals surface area contributed by atoms with Gasteiger partial charge in [-0.2, -0.15) is 0 Å². The number of fused-ring (bicyclic) bond motifs is 2. The average molecular weight is 413 g/mol. The molecule has 2 aliphatic heterocycles. The second-order valence-corrected chi connectivity index (χ2v) is 9.32. The maximum Gasteiger partial charge on any atom is 0.267 e. The fraction of sp³-hybridized carbons (Fsp3) is 0.565. The summed E-state index contributed by atoms with van der Waals surface area (Å²) < 4.78 is 14.1. The number of carbonyl (C=O) groups is 2. The SMILES string of the molecule is Cc1ccc(F)c2cc(C(=O)N[C@@H]3CCCC(N4C[C@@H]5CC(=O)N(C)[C@@H]5C4)C3)[nH]c12. The zero-order chi connectivity index (χ0) is 21.0. The number of aryl methyl sites for hydroxylation is 1. The highest BCUT2D eigenvalue weighted by Crippen LogP contribution is 2.35. The van der Waals surface area contributed by atoms with Crippen molar-refractivity contribution in [2.45, 2.75) is 57.2 Å². The van der Waals surface area contributed by atoms with Gasteiger partial charge in [0.05, 0.1) is 5.52 Å². The van der Waals surface area contributed by atoms with Gasteiger partial charge in [-0.3, -0.25) is 14.5 Å². The minimum Gasteiger partial charge on any atom is -0.350 e. The highest BCUT2D eigenvalue weighted by molar-refractivity contribution is 5.99. The van der Waals surface area contributed by atoms with Gasteiger partial charge >= 0.3 is 0 Å². The molecule has 1 aromatic carbocycles. The minimum atomic E-state index is -0.313. The summed E-state index contributed by atoms with van der Waals surface area (Å²) in [6, 6.07) is 5.68. The number of H-pyrrole nitrogens is 1. The third-order valence-corrected chi connectivity index (χ3v) is 7.45. The monoisotopic (exact) mass is 412 g/mol. The molecular formula is C23H29FN4O2. The number of rotatable bonds is 3. The lowest BCUT2D eigenvalue weighted by atomic mass is 9.90. The highest BCUT2D eigenvalue weighted by atomic mass is 19.1. The van der Waals surface area contributed by atoms with E-state index in [1.165, 1.54) is 6.07 Å². The van der Waals surface area contributed by atoms with Crippen molar-refractivity contribution < 1.29 is 14.0 Å². The Hall–Kier alpha value is -2.41. The lowest BCUT2D eigenvalue weighted by Gasteiger charge is -2.36. The molecule has 0 bridgehead atoms. The molecule has 2 saturated heterocycles. The van der Waals surface area contributed by atoms with E-state index in [0.717, 1.165) is 44.3 Å². The molecule has 6 nitrogen and oxygen atoms in total. The van der Waals surface area contributed by atoms with Crippen LogP contribution in [0.15, 0.2) is 18.2 Å². The summed E-state index contributed by atoms with van der Waals surface area (Å²) in [5.41, 5.74) is 2.02. The number of aromatic amines is 1. The predicted octanol–water partition coefficient (Wildman–Crippen LogP) is 2.82. The summed E-state index contributed by atoms with van der Waals surface area (Å²) in [7, 11) is 1.92. The van der Waals surface area contributed by atoms with Gasteiger partial charge < -0.3 is 15.2 Å². The molecule has 160 valence electrons. The number of carbonyl (C=O) groups excluding carboxylic acids is 2. The number of benzene rings is 1. The number of nitrogens with one attached hydrogen (secondary N) is 2. The molecule has 3 aliphatic rings. The fourth-order valence-electron chi connectivity index (χ4n) is 5.71. The van der Waals surface area contributed by atoms with Crippen LogP contribution in [0.1, 0.15) is 48.2 Å². The molecule has 7 heteroatoms. The van der Waals surface area contributed by atoms with Crippen LogP contribution in [0.5, 0.6) is 0 Å². The van der Waals surface area contributed by atoms with E-state index in [-0.39, 0.29) is 23.7 Å². The standard InChI is InChI=1S/C23H29FN4O2/c1-13-6-7-18(24)17-10-19(26-22(13)17)23(30)25-15-4-3-5-16(9-15)28-11-14-8-21(29)27(2)20(14)12-28/h6-7,10,14-16,20,26H,3-5,8-9,11-12H2,1-2H3,(H,25,30)/t14-,15+,16?,20+/m0/s1. The molecular weight excluding hydrogens is 383 g/mol. The second kappa shape index (κ2) is 7.38. The van der Waals surface area contributed by atoms with Crippen LogP contribution < -0.4 is 5.32 Å². The van der Waals surface area contributed by atoms with Gasteiger partial charge in [-0.15, -0.1) is 0 Å². The summed E-state index contributed by atoms with van der Waals surface area (Å²) in [6.07, 6.45) is 4.78. The molecule has 1 unspecified atom stereocenters. The Balaban J connectivity index is 1.24. The largest absolute Gasteiger partial charge is 0.350 e. The summed E-state index contributed by atoms with van der Waals surface area (Å²) in [4.78, 5) is 32.3. The number of hydrogen-bond donors (Lipinski definition) is 2. The van der Waals surface area contributed by atoms with Crippen molar-refractivity contribution in [1.82, 2.24) is 20.1 Å². The Labute approximate surface area is 175 Å². The van der Waals surface area contributed by atoms with E-state index in [0.29, 0.717) is 41.0 Å². The lowest BCUT2D eigenvalue weighted by Crippen LogP contribution is -2.46. The molecule has 1 aromatic heterocycles. The first-order valence-electron chi connectivity index (χ1n) is 11.0. The third kappa shape index (κ3) is 3.29. The van der Waals surface area contributed by atoms with E-state index in [4.69, 9.17) is 0 Å². The summed E-state index contributed by atoms with van der Waals surface area (Å²) in [5.74, 6) is 0.233. The third-order valence-electron chi connectivity index (χ3n) is 7.45. The number of halogens is 1. The maximum atomic E-state index is 14.1. The summed E-state index contributed by atoms with van der Waals surface area (Å²) in [5, 5.41) is 3.63. The quantitative estimate of drug-likeness (QED) is 0.815. The molecule has 2 aromatic rings. The van der Waals surface area contributed by atoms with Gasteiger partial charge in [0.25, 0.3) is 5.91 Å². The van der Waals surface area contributed by atoms with E-state index < -0.39 is 0 Å². The van der Waals surface area contributed by atoms with Crippen LogP contribution in [0.4, 0.5) is 4.39 Å². The molecule has 1 saturated carbocycles. The van der Waals surface area contributed by atoms with Gasteiger partial charge in [0.2, 0.25) is 5.91 Å². The number of aromatic nitrogens is 1. The van der Waals surface area contributed by atoms with Gasteiger partial charge in [0.15, 0.2) is 0 Å². The zero-order valence-electron chi connectivity index (χ0n) is 17.6. The van der Waals surface area contributed by atoms with Gasteiger partial charge in [-0.05, 0) is 50.3 Å². The molecule has 30 heavy (non-hydrogen) atoms. The molecule has 1 aliphatic carbocycles. The van der Waals surface area contributed by atoms with Gasteiger partial charge in [-0.1, -0.05) is 6.07 Å². The first-order valence-corrected chi connectivity index (χ1v) is 11.0. The molecule has 4 atom stereocenters. The molecule has 0 spiro atoms. The van der Waals surface area contributed by atoms with Crippen molar-refractivity contribution >= 4 is 22.7 Å². The summed E-state index contributed by atoms with van der Waals surface area (Å²) >= 11 is 0. The number of likely N-dealkylation sites (N-methyl/N-ethyl adjacent to an activating group) is 1. The number of likely N-dealkylation sites (tertiary alicyclic amines) is 2. The van der Waals surface area contributed by atoms with Crippen molar-refractivity contribution in [2.24, 2.45) is 5.92 Å². The average Bonchev–Trinajstić information content (AvgIpc) is 3.41. The van der Waals surface area contributed by atoms with Crippen LogP contribution in [-0.4, -0.2) is 64.9 Å². The normalized spacial score (nSPS) is 29.6. The number of nitrogens with zero attached hydrogens (tertiary/aromatic N) is 2. The number of amides is 2. The Kier molecular flexibility index (Phi) is 4.81. The molecule has 3 heterocycles. The van der Waals surface area contributed by atoms with Crippen molar-refractivity contribution in [3.8, 4) is 0 Å². The van der Waals surface area contributed by atoms with Crippen LogP contribution in [0.2, 0.25) is 0 Å². The van der Waals surface area contributed by atoms with Crippen LogP contribution in [0.25, 0.3) is 10.9 Å². The van der Waals surface area contributed by atoms with Gasteiger partial charge in [0, 0.05) is 56.0 Å². The van der Waals surface area contributed by atoms with Crippen molar-refractivity contribution in [3.05, 3.63) is 35.3 Å². The Morgan fingerprint density at radius 3 is 2.87 bits per heavy atom. The zero-order valence-corrected chi connectivity index (χ0v) is 17.6. The Bertz CT molecular complexity index is 963. The van der Waals surface area contributed by atoms with E-state index in [1.807, 2.05) is 18.9 Å². The van der Waals surface area contributed by atoms with Crippen LogP contribution in [0, 0.1) is 18.7 Å². The van der Waals surface area contributed by atoms with E-state index >= 15 is 0 Å². The van der Waals surface area contributed by atoms with E-state index in [9.17, 15) is 14.0 Å². The lowest BCUT2D eigenvalue weighted by molar-refractivity contribution is -0.128. The Morgan fingerprint density at radius 1 is 1.27 bits per heavy atom. The molecule has 3 fully saturated rings. The van der Waals surface area contributed by atoms with Crippen molar-refractivity contribution in [3.63, 3.8) is 0 Å². The van der Waals surface area contributed by atoms with E-state index in [2.05, 4.69) is 15.2 Å². The smallest absolute Gasteiger partial charge is 0.267 e. The molecule has 5 rings (SSSR count). The molecule has 0 radical (unpaired) electrons. The minimum absolute atomic E-state index is 0.119. The maximum absolute atomic E-state index is 14.1. The molecule has 2 amide bonds. The van der Waals surface area contributed by atoms with Crippen LogP contribution in [0.3, 0.4) is 0 Å².